The number of hydrogen-bond donors (Lipinski definition) is 0. The molecular formula is C14H14F2O. The van der Waals surface area contributed by atoms with E-state index in [-0.39, 0.29) is 5.92 Å². The molecule has 0 aromatic heterocycles. The first-order valence-corrected chi connectivity index (χ1v) is 5.59. The number of halogens is 2. The minimum absolute atomic E-state index is 0.271. The molecule has 0 saturated heterocycles. The molecule has 2 unspecified atom stereocenters. The number of hydrogen-bond acceptors (Lipinski definition) is 1. The number of allylic oxidation sites excluding steroid dienone is 3. The highest BCUT2D eigenvalue weighted by Crippen LogP contribution is 2.21. The summed E-state index contributed by atoms with van der Waals surface area (Å²) < 4.78 is 31.1. The van der Waals surface area contributed by atoms with Crippen LogP contribution in [0.25, 0.3) is 0 Å². The number of benzene rings is 1. The molecule has 0 amide bonds. The molecular weight excluding hydrogens is 222 g/mol. The second-order valence-corrected chi connectivity index (χ2v) is 4.18. The zero-order chi connectivity index (χ0) is 12.3. The summed E-state index contributed by atoms with van der Waals surface area (Å²) in [5.41, 5.74) is 0. The zero-order valence-corrected chi connectivity index (χ0v) is 9.57. The molecule has 1 nitrogen and oxygen atoms in total. The quantitative estimate of drug-likeness (QED) is 0.777. The van der Waals surface area contributed by atoms with Gasteiger partial charge in [0.15, 0.2) is 11.6 Å². The molecule has 2 rings (SSSR count). The summed E-state index contributed by atoms with van der Waals surface area (Å²) in [6.45, 7) is 2.56. The van der Waals surface area contributed by atoms with E-state index in [0.29, 0.717) is 18.3 Å². The summed E-state index contributed by atoms with van der Waals surface area (Å²) in [5.74, 6) is -0.710. The van der Waals surface area contributed by atoms with Crippen LogP contribution in [0.3, 0.4) is 0 Å². The van der Waals surface area contributed by atoms with E-state index in [4.69, 9.17) is 4.74 Å². The van der Waals surface area contributed by atoms with E-state index in [1.54, 1.807) is 0 Å². The third-order valence-corrected chi connectivity index (χ3v) is 2.89. The van der Waals surface area contributed by atoms with E-state index in [9.17, 15) is 8.78 Å². The van der Waals surface area contributed by atoms with Crippen molar-refractivity contribution >= 4 is 0 Å². The maximum Gasteiger partial charge on any atom is 0.162 e. The molecule has 1 aliphatic carbocycles. The molecule has 0 aliphatic heterocycles. The first kappa shape index (κ1) is 11.8. The molecule has 90 valence electrons. The Morgan fingerprint density at radius 2 is 1.88 bits per heavy atom. The van der Waals surface area contributed by atoms with Crippen LogP contribution in [0.2, 0.25) is 0 Å². The molecule has 1 aromatic rings. The summed E-state index contributed by atoms with van der Waals surface area (Å²) in [4.78, 5) is 0. The van der Waals surface area contributed by atoms with Crippen LogP contribution in [-0.2, 0) is 0 Å². The minimum atomic E-state index is -0.880. The summed E-state index contributed by atoms with van der Waals surface area (Å²) in [7, 11) is 0. The fourth-order valence-corrected chi connectivity index (χ4v) is 1.73. The molecule has 0 radical (unpaired) electrons. The van der Waals surface area contributed by atoms with E-state index in [2.05, 4.69) is 19.1 Å². The van der Waals surface area contributed by atoms with Crippen LogP contribution in [0, 0.1) is 23.5 Å². The number of ether oxygens (including phenoxy) is 1. The molecule has 3 heteroatoms. The second-order valence-electron chi connectivity index (χ2n) is 4.18. The van der Waals surface area contributed by atoms with Crippen molar-refractivity contribution in [2.45, 2.75) is 6.92 Å². The maximum absolute atomic E-state index is 12.9. The lowest BCUT2D eigenvalue weighted by Gasteiger charge is -2.20. The Kier molecular flexibility index (Phi) is 3.57. The Hall–Kier alpha value is -1.64. The predicted molar refractivity (Wildman–Crippen MR) is 62.8 cm³/mol. The van der Waals surface area contributed by atoms with Gasteiger partial charge in [0, 0.05) is 12.0 Å². The Morgan fingerprint density at radius 1 is 1.12 bits per heavy atom. The lowest BCUT2D eigenvalue weighted by molar-refractivity contribution is 0.249. The van der Waals surface area contributed by atoms with E-state index < -0.39 is 11.6 Å². The smallest absolute Gasteiger partial charge is 0.162 e. The van der Waals surface area contributed by atoms with Crippen molar-refractivity contribution < 1.29 is 13.5 Å². The van der Waals surface area contributed by atoms with Crippen LogP contribution in [0.4, 0.5) is 8.78 Å². The van der Waals surface area contributed by atoms with Crippen LogP contribution in [0.5, 0.6) is 5.75 Å². The van der Waals surface area contributed by atoms with Gasteiger partial charge in [-0.1, -0.05) is 31.2 Å². The summed E-state index contributed by atoms with van der Waals surface area (Å²) >= 11 is 0. The fraction of sp³-hybridized carbons (Fsp3) is 0.286. The van der Waals surface area contributed by atoms with E-state index >= 15 is 0 Å². The Bertz CT molecular complexity index is 452. The highest BCUT2D eigenvalue weighted by atomic mass is 19.2. The third kappa shape index (κ3) is 2.93. The van der Waals surface area contributed by atoms with Gasteiger partial charge in [0.2, 0.25) is 0 Å². The molecule has 0 heterocycles. The normalized spacial score (nSPS) is 22.8. The Morgan fingerprint density at radius 3 is 2.59 bits per heavy atom. The average molecular weight is 236 g/mol. The van der Waals surface area contributed by atoms with Crippen molar-refractivity contribution in [2.75, 3.05) is 6.61 Å². The minimum Gasteiger partial charge on any atom is -0.493 e. The summed E-state index contributed by atoms with van der Waals surface area (Å²) in [6, 6.07) is 3.58. The van der Waals surface area contributed by atoms with Crippen molar-refractivity contribution in [3.8, 4) is 5.75 Å². The molecule has 0 spiro atoms. The van der Waals surface area contributed by atoms with Gasteiger partial charge in [0.05, 0.1) is 6.61 Å². The second kappa shape index (κ2) is 5.13. The van der Waals surface area contributed by atoms with Crippen LogP contribution in [-0.4, -0.2) is 6.61 Å². The topological polar surface area (TPSA) is 9.23 Å². The monoisotopic (exact) mass is 236 g/mol. The molecule has 0 bridgehead atoms. The van der Waals surface area contributed by atoms with Crippen LogP contribution in [0.15, 0.2) is 42.5 Å². The van der Waals surface area contributed by atoms with Crippen LogP contribution in [0.1, 0.15) is 6.92 Å². The average Bonchev–Trinajstić information content (AvgIpc) is 2.32. The van der Waals surface area contributed by atoms with Gasteiger partial charge in [-0.15, -0.1) is 0 Å². The summed E-state index contributed by atoms with van der Waals surface area (Å²) in [5, 5.41) is 0. The van der Waals surface area contributed by atoms with Gasteiger partial charge in [-0.25, -0.2) is 8.78 Å². The highest BCUT2D eigenvalue weighted by Gasteiger charge is 2.15. The van der Waals surface area contributed by atoms with Gasteiger partial charge in [0.1, 0.15) is 5.75 Å². The first-order valence-electron chi connectivity index (χ1n) is 5.59. The van der Waals surface area contributed by atoms with E-state index in [1.807, 2.05) is 12.2 Å². The molecule has 0 fully saturated rings. The third-order valence-electron chi connectivity index (χ3n) is 2.89. The van der Waals surface area contributed by atoms with Crippen molar-refractivity contribution in [3.63, 3.8) is 0 Å². The fourth-order valence-electron chi connectivity index (χ4n) is 1.73. The maximum atomic E-state index is 12.9. The van der Waals surface area contributed by atoms with E-state index in [1.165, 1.54) is 6.07 Å². The molecule has 0 saturated carbocycles. The SMILES string of the molecule is CC1C=CC=CC1COc1ccc(F)c(F)c1. The molecule has 1 aliphatic rings. The molecule has 17 heavy (non-hydrogen) atoms. The van der Waals surface area contributed by atoms with Gasteiger partial charge < -0.3 is 4.74 Å². The zero-order valence-electron chi connectivity index (χ0n) is 9.57. The van der Waals surface area contributed by atoms with E-state index in [0.717, 1.165) is 12.1 Å². The van der Waals surface area contributed by atoms with Gasteiger partial charge >= 0.3 is 0 Å². The van der Waals surface area contributed by atoms with Crippen LogP contribution >= 0.6 is 0 Å². The standard InChI is InChI=1S/C14H14F2O/c1-10-4-2-3-5-11(10)9-17-12-6-7-13(15)14(16)8-12/h2-8,10-11H,9H2,1H3. The van der Waals surface area contributed by atoms with Gasteiger partial charge in [-0.2, -0.15) is 0 Å². The van der Waals surface area contributed by atoms with Crippen molar-refractivity contribution in [2.24, 2.45) is 11.8 Å². The lowest BCUT2D eigenvalue weighted by atomic mass is 9.91. The highest BCUT2D eigenvalue weighted by molar-refractivity contribution is 5.24. The lowest BCUT2D eigenvalue weighted by Crippen LogP contribution is -2.17. The molecule has 2 atom stereocenters. The van der Waals surface area contributed by atoms with Gasteiger partial charge in [0.25, 0.3) is 0 Å². The predicted octanol–water partition coefficient (Wildman–Crippen LogP) is 3.72. The van der Waals surface area contributed by atoms with Gasteiger partial charge in [-0.3, -0.25) is 0 Å². The Labute approximate surface area is 99.4 Å². The first-order chi connectivity index (χ1) is 8.16. The number of rotatable bonds is 3. The molecule has 0 N–H and O–H groups in total. The largest absolute Gasteiger partial charge is 0.493 e. The van der Waals surface area contributed by atoms with Crippen molar-refractivity contribution in [3.05, 3.63) is 54.1 Å². The van der Waals surface area contributed by atoms with Crippen molar-refractivity contribution in [1.29, 1.82) is 0 Å². The molecule has 1 aromatic carbocycles. The Balaban J connectivity index is 1.95. The van der Waals surface area contributed by atoms with Crippen LogP contribution < -0.4 is 4.74 Å². The summed E-state index contributed by atoms with van der Waals surface area (Å²) in [6.07, 6.45) is 8.13. The van der Waals surface area contributed by atoms with Crippen molar-refractivity contribution in [1.82, 2.24) is 0 Å². The van der Waals surface area contributed by atoms with Gasteiger partial charge in [-0.05, 0) is 18.1 Å².